The van der Waals surface area contributed by atoms with Gasteiger partial charge in [-0.2, -0.15) is 0 Å². The van der Waals surface area contributed by atoms with Gasteiger partial charge in [0.25, 0.3) is 0 Å². The summed E-state index contributed by atoms with van der Waals surface area (Å²) in [6.45, 7) is 7.24. The van der Waals surface area contributed by atoms with Crippen molar-refractivity contribution in [1.82, 2.24) is 5.32 Å². The number of nitrogens with one attached hydrogen (secondary N) is 1. The summed E-state index contributed by atoms with van der Waals surface area (Å²) < 4.78 is 10.1. The van der Waals surface area contributed by atoms with Crippen LogP contribution in [0.4, 0.5) is 10.5 Å². The fraction of sp³-hybridized carbons (Fsp3) is 0.625. The summed E-state index contributed by atoms with van der Waals surface area (Å²) in [7, 11) is 1.36. The molecule has 0 radical (unpaired) electrons. The summed E-state index contributed by atoms with van der Waals surface area (Å²) >= 11 is 0. The third-order valence-corrected chi connectivity index (χ3v) is 6.39. The Hall–Kier alpha value is -2.77. The van der Waals surface area contributed by atoms with Gasteiger partial charge in [-0.25, -0.2) is 4.79 Å². The molecule has 32 heavy (non-hydrogen) atoms. The Morgan fingerprint density at radius 2 is 1.72 bits per heavy atom. The molecule has 1 aromatic rings. The molecule has 1 saturated heterocycles. The second kappa shape index (κ2) is 9.38. The first-order valence-electron chi connectivity index (χ1n) is 11.2. The van der Waals surface area contributed by atoms with Crippen LogP contribution in [0.1, 0.15) is 52.0 Å². The van der Waals surface area contributed by atoms with Crippen molar-refractivity contribution in [1.29, 1.82) is 0 Å². The van der Waals surface area contributed by atoms with Crippen molar-refractivity contribution >= 4 is 23.7 Å². The second-order valence-corrected chi connectivity index (χ2v) is 10.0. The van der Waals surface area contributed by atoms with E-state index in [-0.39, 0.29) is 29.9 Å². The monoisotopic (exact) mass is 445 g/mol. The van der Waals surface area contributed by atoms with Gasteiger partial charge in [0.15, 0.2) is 0 Å². The molecular weight excluding hydrogens is 410 g/mol. The van der Waals surface area contributed by atoms with Gasteiger partial charge in [-0.1, -0.05) is 12.1 Å². The number of nitrogens with zero attached hydrogens (tertiary/aromatic N) is 1. The van der Waals surface area contributed by atoms with E-state index in [1.807, 2.05) is 32.9 Å². The zero-order chi connectivity index (χ0) is 23.5. The maximum Gasteiger partial charge on any atom is 0.407 e. The molecule has 1 saturated carbocycles. The maximum absolute atomic E-state index is 12.1. The number of alkyl carbamates (subject to hydrolysis) is 1. The lowest BCUT2D eigenvalue weighted by atomic mass is 9.59. The number of nitrogens with two attached hydrogens (primary N) is 1. The van der Waals surface area contributed by atoms with Crippen molar-refractivity contribution in [3.8, 4) is 0 Å². The Kier molecular flexibility index (Phi) is 7.00. The number of rotatable bonds is 6. The molecule has 3 N–H and O–H groups in total. The van der Waals surface area contributed by atoms with Crippen molar-refractivity contribution in [3.63, 3.8) is 0 Å². The second-order valence-electron chi connectivity index (χ2n) is 10.0. The SMILES string of the molecule is COC(=O)C1CC(Cc2ccc(N3CCC(NC(=O)OC(C)(C)C)CC3)cc2)(C(N)=O)C1. The van der Waals surface area contributed by atoms with E-state index in [1.165, 1.54) is 7.11 Å². The number of piperidine rings is 1. The molecule has 1 aliphatic heterocycles. The number of amides is 2. The molecule has 0 bridgehead atoms. The predicted octanol–water partition coefficient (Wildman–Crippen LogP) is 2.78. The van der Waals surface area contributed by atoms with Gasteiger partial charge in [-0.15, -0.1) is 0 Å². The van der Waals surface area contributed by atoms with Crippen LogP contribution in [0.2, 0.25) is 0 Å². The zero-order valence-corrected chi connectivity index (χ0v) is 19.5. The smallest absolute Gasteiger partial charge is 0.407 e. The average Bonchev–Trinajstić information content (AvgIpc) is 2.69. The van der Waals surface area contributed by atoms with Crippen molar-refractivity contribution in [2.75, 3.05) is 25.1 Å². The van der Waals surface area contributed by atoms with Crippen LogP contribution in [0.25, 0.3) is 0 Å². The van der Waals surface area contributed by atoms with Crippen molar-refractivity contribution in [2.45, 2.75) is 64.5 Å². The predicted molar refractivity (Wildman–Crippen MR) is 121 cm³/mol. The Morgan fingerprint density at radius 1 is 1.12 bits per heavy atom. The molecule has 0 unspecified atom stereocenters. The van der Waals surface area contributed by atoms with Crippen molar-refractivity contribution in [3.05, 3.63) is 29.8 Å². The van der Waals surface area contributed by atoms with Gasteiger partial charge in [0, 0.05) is 24.8 Å². The molecule has 0 spiro atoms. The average molecular weight is 446 g/mol. The Morgan fingerprint density at radius 3 is 2.22 bits per heavy atom. The molecule has 3 rings (SSSR count). The summed E-state index contributed by atoms with van der Waals surface area (Å²) in [5.41, 5.74) is 6.63. The van der Waals surface area contributed by atoms with Gasteiger partial charge >= 0.3 is 12.1 Å². The molecule has 2 amide bonds. The molecular formula is C24H35N3O5. The minimum atomic E-state index is -0.675. The van der Waals surface area contributed by atoms with Gasteiger partial charge in [0.2, 0.25) is 5.91 Å². The Balaban J connectivity index is 1.51. The summed E-state index contributed by atoms with van der Waals surface area (Å²) in [6.07, 6.45) is 2.73. The van der Waals surface area contributed by atoms with Crippen LogP contribution in [0.3, 0.4) is 0 Å². The standard InChI is InChI=1S/C24H35N3O5/c1-23(2,3)32-22(30)26-18-9-11-27(12-10-18)19-7-5-16(6-8-19)13-24(21(25)29)14-17(15-24)20(28)31-4/h5-8,17-18H,9-15H2,1-4H3,(H2,25,29)(H,26,30). The van der Waals surface area contributed by atoms with E-state index in [9.17, 15) is 14.4 Å². The summed E-state index contributed by atoms with van der Waals surface area (Å²) in [4.78, 5) is 38.1. The van der Waals surface area contributed by atoms with Crippen LogP contribution in [0.5, 0.6) is 0 Å². The number of methoxy groups -OCH3 is 1. The van der Waals surface area contributed by atoms with Gasteiger partial charge < -0.3 is 25.4 Å². The third kappa shape index (κ3) is 5.72. The molecule has 2 aliphatic rings. The van der Waals surface area contributed by atoms with Gasteiger partial charge in [-0.05, 0) is 70.6 Å². The van der Waals surface area contributed by atoms with E-state index in [0.29, 0.717) is 19.3 Å². The number of hydrogen-bond acceptors (Lipinski definition) is 6. The normalized spacial score (nSPS) is 23.8. The Labute approximate surface area is 189 Å². The topological polar surface area (TPSA) is 111 Å². The van der Waals surface area contributed by atoms with Crippen LogP contribution in [0.15, 0.2) is 24.3 Å². The highest BCUT2D eigenvalue weighted by Crippen LogP contribution is 2.48. The lowest BCUT2D eigenvalue weighted by Crippen LogP contribution is -2.51. The van der Waals surface area contributed by atoms with Gasteiger partial charge in [-0.3, -0.25) is 9.59 Å². The number of ether oxygens (including phenoxy) is 2. The summed E-state index contributed by atoms with van der Waals surface area (Å²) in [6, 6.07) is 8.27. The van der Waals surface area contributed by atoms with E-state index < -0.39 is 11.0 Å². The highest BCUT2D eigenvalue weighted by molar-refractivity contribution is 5.86. The number of primary amides is 1. The molecule has 2 fully saturated rings. The molecule has 8 nitrogen and oxygen atoms in total. The number of hydrogen-bond donors (Lipinski definition) is 2. The van der Waals surface area contributed by atoms with Crippen molar-refractivity contribution in [2.24, 2.45) is 17.1 Å². The molecule has 176 valence electrons. The lowest BCUT2D eigenvalue weighted by molar-refractivity contribution is -0.157. The lowest BCUT2D eigenvalue weighted by Gasteiger charge is -2.44. The first kappa shape index (κ1) is 23.9. The zero-order valence-electron chi connectivity index (χ0n) is 19.5. The van der Waals surface area contributed by atoms with Crippen LogP contribution in [-0.4, -0.2) is 49.8 Å². The van der Waals surface area contributed by atoms with Crippen LogP contribution in [0, 0.1) is 11.3 Å². The van der Waals surface area contributed by atoms with Crippen LogP contribution >= 0.6 is 0 Å². The first-order chi connectivity index (χ1) is 15.0. The third-order valence-electron chi connectivity index (χ3n) is 6.39. The number of esters is 1. The van der Waals surface area contributed by atoms with Crippen LogP contribution < -0.4 is 16.0 Å². The largest absolute Gasteiger partial charge is 0.469 e. The molecule has 1 aliphatic carbocycles. The fourth-order valence-corrected chi connectivity index (χ4v) is 4.62. The quantitative estimate of drug-likeness (QED) is 0.652. The number of anilines is 1. The van der Waals surface area contributed by atoms with E-state index >= 15 is 0 Å². The molecule has 1 heterocycles. The number of carbonyl (C=O) groups excluding carboxylic acids is 3. The maximum atomic E-state index is 12.1. The highest BCUT2D eigenvalue weighted by Gasteiger charge is 2.52. The van der Waals surface area contributed by atoms with E-state index in [0.717, 1.165) is 37.2 Å². The fourth-order valence-electron chi connectivity index (χ4n) is 4.62. The number of carbonyl (C=O) groups is 3. The number of benzene rings is 1. The van der Waals surface area contributed by atoms with E-state index in [4.69, 9.17) is 15.2 Å². The molecule has 0 aromatic heterocycles. The minimum absolute atomic E-state index is 0.108. The van der Waals surface area contributed by atoms with Gasteiger partial charge in [0.05, 0.1) is 18.4 Å². The van der Waals surface area contributed by atoms with Crippen molar-refractivity contribution < 1.29 is 23.9 Å². The van der Waals surface area contributed by atoms with Crippen LogP contribution in [-0.2, 0) is 25.5 Å². The van der Waals surface area contributed by atoms with Gasteiger partial charge in [0.1, 0.15) is 5.60 Å². The summed E-state index contributed by atoms with van der Waals surface area (Å²) in [5, 5.41) is 2.96. The molecule has 1 aromatic carbocycles. The highest BCUT2D eigenvalue weighted by atomic mass is 16.6. The first-order valence-corrected chi connectivity index (χ1v) is 11.2. The minimum Gasteiger partial charge on any atom is -0.469 e. The molecule has 0 atom stereocenters. The molecule has 8 heteroatoms. The summed E-state index contributed by atoms with van der Waals surface area (Å²) in [5.74, 6) is -0.884. The van der Waals surface area contributed by atoms with E-state index in [2.05, 4.69) is 22.3 Å². The Bertz CT molecular complexity index is 832. The van der Waals surface area contributed by atoms with E-state index in [1.54, 1.807) is 0 Å².